The Balaban J connectivity index is 1.92. The number of nitrogens with zero attached hydrogens (tertiary/aromatic N) is 3. The molecule has 2 aromatic rings. The Labute approximate surface area is 104 Å². The minimum Gasteiger partial charge on any atom is -0.364 e. The lowest BCUT2D eigenvalue weighted by Gasteiger charge is -2.18. The topological polar surface area (TPSA) is 76.3 Å². The van der Waals surface area contributed by atoms with E-state index in [0.29, 0.717) is 24.3 Å². The summed E-state index contributed by atoms with van der Waals surface area (Å²) in [7, 11) is -3.41. The number of aromatic nitrogens is 2. The van der Waals surface area contributed by atoms with E-state index in [2.05, 4.69) is 14.7 Å². The highest BCUT2D eigenvalue weighted by molar-refractivity contribution is 7.92. The van der Waals surface area contributed by atoms with Gasteiger partial charge in [-0.1, -0.05) is 5.16 Å². The number of fused-ring (bicyclic) bond motifs is 1. The number of sulfonamides is 1. The van der Waals surface area contributed by atoms with Gasteiger partial charge in [-0.05, 0) is 18.1 Å². The van der Waals surface area contributed by atoms with Gasteiger partial charge < -0.3 is 4.52 Å². The van der Waals surface area contributed by atoms with Crippen LogP contribution in [0.5, 0.6) is 0 Å². The fourth-order valence-corrected chi connectivity index (χ4v) is 3.59. The molecule has 0 saturated heterocycles. The van der Waals surface area contributed by atoms with Crippen molar-refractivity contribution in [2.24, 2.45) is 0 Å². The second-order valence-electron chi connectivity index (χ2n) is 4.07. The third-order valence-corrected chi connectivity index (χ3v) is 4.60. The zero-order valence-corrected chi connectivity index (χ0v) is 10.3. The van der Waals surface area contributed by atoms with E-state index in [1.807, 2.05) is 0 Å². The molecule has 3 rings (SSSR count). The molecule has 0 aromatic carbocycles. The molecule has 0 radical (unpaired) electrons. The maximum atomic E-state index is 12.3. The van der Waals surface area contributed by atoms with Crippen LogP contribution in [0, 0.1) is 0 Å². The predicted octanol–water partition coefficient (Wildman–Crippen LogP) is 0.962. The van der Waals surface area contributed by atoms with E-state index in [0.717, 1.165) is 5.56 Å². The molecule has 7 heteroatoms. The number of hydrogen-bond donors (Lipinski definition) is 0. The van der Waals surface area contributed by atoms with E-state index >= 15 is 0 Å². The number of hydrogen-bond acceptors (Lipinski definition) is 5. The molecule has 2 aromatic heterocycles. The van der Waals surface area contributed by atoms with Crippen molar-refractivity contribution in [3.8, 4) is 0 Å². The second-order valence-corrected chi connectivity index (χ2v) is 5.97. The molecule has 3 heterocycles. The van der Waals surface area contributed by atoms with E-state index < -0.39 is 10.0 Å². The first-order chi connectivity index (χ1) is 8.67. The molecule has 0 atom stereocenters. The van der Waals surface area contributed by atoms with Crippen LogP contribution >= 0.6 is 0 Å². The highest BCUT2D eigenvalue weighted by Gasteiger charge is 2.30. The lowest BCUT2D eigenvalue weighted by Crippen LogP contribution is -2.30. The molecule has 0 aliphatic carbocycles. The molecule has 6 nitrogen and oxygen atoms in total. The maximum absolute atomic E-state index is 12.3. The Morgan fingerprint density at radius 3 is 3.06 bits per heavy atom. The van der Waals surface area contributed by atoms with Crippen molar-refractivity contribution in [3.05, 3.63) is 42.0 Å². The van der Waals surface area contributed by atoms with Crippen LogP contribution in [0.1, 0.15) is 11.3 Å². The Morgan fingerprint density at radius 2 is 2.28 bits per heavy atom. The summed E-state index contributed by atoms with van der Waals surface area (Å²) in [5, 5.41) is 3.64. The van der Waals surface area contributed by atoms with Gasteiger partial charge in [0.25, 0.3) is 0 Å². The van der Waals surface area contributed by atoms with Gasteiger partial charge in [-0.2, -0.15) is 0 Å². The summed E-state index contributed by atoms with van der Waals surface area (Å²) >= 11 is 0. The smallest absolute Gasteiger partial charge is 0.241 e. The SMILES string of the molecule is O=S(=O)(Cc1ccon1)N1CCc2cnccc21. The van der Waals surface area contributed by atoms with Crippen LogP contribution in [-0.4, -0.2) is 25.1 Å². The summed E-state index contributed by atoms with van der Waals surface area (Å²) in [5.74, 6) is -0.148. The van der Waals surface area contributed by atoms with Gasteiger partial charge in [0, 0.05) is 25.0 Å². The standard InChI is InChI=1S/C11H11N3O3S/c15-18(16,8-10-3-6-17-13-10)14-5-2-9-7-12-4-1-11(9)14/h1,3-4,6-7H,2,5,8H2. The van der Waals surface area contributed by atoms with Crippen molar-refractivity contribution in [2.75, 3.05) is 10.8 Å². The summed E-state index contributed by atoms with van der Waals surface area (Å²) < 4.78 is 30.6. The lowest BCUT2D eigenvalue weighted by molar-refractivity contribution is 0.413. The fourth-order valence-electron chi connectivity index (χ4n) is 2.06. The number of pyridine rings is 1. The third-order valence-electron chi connectivity index (χ3n) is 2.89. The normalized spacial score (nSPS) is 14.8. The molecule has 18 heavy (non-hydrogen) atoms. The second kappa shape index (κ2) is 4.09. The summed E-state index contributed by atoms with van der Waals surface area (Å²) in [6.07, 6.45) is 5.37. The summed E-state index contributed by atoms with van der Waals surface area (Å²) in [4.78, 5) is 4.00. The summed E-state index contributed by atoms with van der Waals surface area (Å²) in [5.41, 5.74) is 2.09. The molecule has 0 unspecified atom stereocenters. The largest absolute Gasteiger partial charge is 0.364 e. The van der Waals surface area contributed by atoms with Gasteiger partial charge in [0.1, 0.15) is 17.7 Å². The summed E-state index contributed by atoms with van der Waals surface area (Å²) in [6.45, 7) is 0.460. The van der Waals surface area contributed by atoms with Crippen molar-refractivity contribution < 1.29 is 12.9 Å². The molecule has 0 bridgehead atoms. The van der Waals surface area contributed by atoms with Crippen LogP contribution in [0.25, 0.3) is 0 Å². The van der Waals surface area contributed by atoms with Crippen molar-refractivity contribution >= 4 is 15.7 Å². The fraction of sp³-hybridized carbons (Fsp3) is 0.273. The van der Waals surface area contributed by atoms with Gasteiger partial charge in [0.05, 0.1) is 5.69 Å². The molecule has 0 amide bonds. The van der Waals surface area contributed by atoms with Crippen LogP contribution in [0.3, 0.4) is 0 Å². The first kappa shape index (κ1) is 11.2. The zero-order chi connectivity index (χ0) is 12.6. The first-order valence-electron chi connectivity index (χ1n) is 5.49. The molecule has 0 spiro atoms. The number of rotatable bonds is 3. The molecule has 94 valence electrons. The minimum atomic E-state index is -3.41. The van der Waals surface area contributed by atoms with E-state index in [-0.39, 0.29) is 5.75 Å². The van der Waals surface area contributed by atoms with E-state index in [4.69, 9.17) is 0 Å². The van der Waals surface area contributed by atoms with Crippen molar-refractivity contribution in [3.63, 3.8) is 0 Å². The summed E-state index contributed by atoms with van der Waals surface area (Å²) in [6, 6.07) is 3.28. The Hall–Kier alpha value is -1.89. The molecular formula is C11H11N3O3S. The van der Waals surface area contributed by atoms with E-state index in [9.17, 15) is 8.42 Å². The minimum absolute atomic E-state index is 0.148. The quantitative estimate of drug-likeness (QED) is 0.826. The lowest BCUT2D eigenvalue weighted by atomic mass is 10.2. The van der Waals surface area contributed by atoms with Crippen LogP contribution in [0.15, 0.2) is 35.3 Å². The Morgan fingerprint density at radius 1 is 1.39 bits per heavy atom. The van der Waals surface area contributed by atoms with Crippen molar-refractivity contribution in [1.29, 1.82) is 0 Å². The molecule has 0 fully saturated rings. The molecule has 0 N–H and O–H groups in total. The highest BCUT2D eigenvalue weighted by atomic mass is 32.2. The molecule has 1 aliphatic heterocycles. The monoisotopic (exact) mass is 265 g/mol. The highest BCUT2D eigenvalue weighted by Crippen LogP contribution is 2.30. The van der Waals surface area contributed by atoms with Crippen LogP contribution in [0.2, 0.25) is 0 Å². The van der Waals surface area contributed by atoms with Crippen LogP contribution in [-0.2, 0) is 22.2 Å². The van der Waals surface area contributed by atoms with Gasteiger partial charge >= 0.3 is 0 Å². The average molecular weight is 265 g/mol. The van der Waals surface area contributed by atoms with E-state index in [1.165, 1.54) is 10.6 Å². The number of anilines is 1. The third kappa shape index (κ3) is 1.86. The van der Waals surface area contributed by atoms with Gasteiger partial charge in [0.2, 0.25) is 10.0 Å². The molecular weight excluding hydrogens is 254 g/mol. The van der Waals surface area contributed by atoms with Gasteiger partial charge in [-0.25, -0.2) is 8.42 Å². The first-order valence-corrected chi connectivity index (χ1v) is 7.10. The van der Waals surface area contributed by atoms with E-state index in [1.54, 1.807) is 24.5 Å². The van der Waals surface area contributed by atoms with Gasteiger partial charge in [-0.15, -0.1) is 0 Å². The Kier molecular flexibility index (Phi) is 2.55. The van der Waals surface area contributed by atoms with Crippen LogP contribution in [0.4, 0.5) is 5.69 Å². The van der Waals surface area contributed by atoms with Crippen LogP contribution < -0.4 is 4.31 Å². The van der Waals surface area contributed by atoms with Gasteiger partial charge in [-0.3, -0.25) is 9.29 Å². The predicted molar refractivity (Wildman–Crippen MR) is 64.4 cm³/mol. The average Bonchev–Trinajstić information content (AvgIpc) is 2.96. The molecule has 1 aliphatic rings. The maximum Gasteiger partial charge on any atom is 0.241 e. The Bertz CT molecular complexity index is 652. The van der Waals surface area contributed by atoms with Crippen molar-refractivity contribution in [1.82, 2.24) is 10.1 Å². The zero-order valence-electron chi connectivity index (χ0n) is 9.48. The van der Waals surface area contributed by atoms with Gasteiger partial charge in [0.15, 0.2) is 0 Å². The molecule has 0 saturated carbocycles. The van der Waals surface area contributed by atoms with Crippen molar-refractivity contribution in [2.45, 2.75) is 12.2 Å².